The van der Waals surface area contributed by atoms with Crippen molar-refractivity contribution < 1.29 is 10.2 Å². The van der Waals surface area contributed by atoms with Gasteiger partial charge >= 0.3 is 0 Å². The van der Waals surface area contributed by atoms with E-state index >= 15 is 0 Å². The topological polar surface area (TPSA) is 65.4 Å². The molecule has 1 aromatic carbocycles. The van der Waals surface area contributed by atoms with Crippen molar-refractivity contribution in [2.24, 2.45) is 0 Å². The molecule has 3 rings (SSSR count). The molecule has 0 amide bonds. The minimum absolute atomic E-state index is 0.331. The number of benzene rings is 1. The Morgan fingerprint density at radius 1 is 1.17 bits per heavy atom. The van der Waals surface area contributed by atoms with Crippen LogP contribution in [-0.2, 0) is 6.42 Å². The number of nitrogens with one attached hydrogen (secondary N) is 1. The van der Waals surface area contributed by atoms with Crippen molar-refractivity contribution in [2.45, 2.75) is 18.8 Å². The highest BCUT2D eigenvalue weighted by atomic mass is 16.5. The van der Waals surface area contributed by atoms with E-state index in [1.165, 1.54) is 0 Å². The van der Waals surface area contributed by atoms with E-state index in [0.717, 1.165) is 22.4 Å². The van der Waals surface area contributed by atoms with Gasteiger partial charge in [-0.1, -0.05) is 18.2 Å². The number of pyridine rings is 1. The summed E-state index contributed by atoms with van der Waals surface area (Å²) in [6.07, 6.45) is 2.79. The molecule has 18 heavy (non-hydrogen) atoms. The van der Waals surface area contributed by atoms with E-state index in [2.05, 4.69) is 10.3 Å². The molecule has 2 heterocycles. The van der Waals surface area contributed by atoms with Gasteiger partial charge in [-0.05, 0) is 29.7 Å². The summed E-state index contributed by atoms with van der Waals surface area (Å²) < 4.78 is 0. The van der Waals surface area contributed by atoms with Gasteiger partial charge in [-0.25, -0.2) is 0 Å². The van der Waals surface area contributed by atoms with Crippen molar-refractivity contribution in [2.75, 3.05) is 5.32 Å². The maximum absolute atomic E-state index is 9.27. The first-order chi connectivity index (χ1) is 8.75. The van der Waals surface area contributed by atoms with Crippen molar-refractivity contribution in [1.29, 1.82) is 0 Å². The van der Waals surface area contributed by atoms with E-state index in [1.54, 1.807) is 12.4 Å². The van der Waals surface area contributed by atoms with Gasteiger partial charge in [0.05, 0.1) is 6.04 Å². The molecule has 1 aliphatic rings. The highest BCUT2D eigenvalue weighted by molar-refractivity contribution is 5.81. The van der Waals surface area contributed by atoms with Crippen molar-refractivity contribution in [1.82, 2.24) is 4.98 Å². The smallest absolute Gasteiger partial charge is 0.172 e. The molecule has 1 atom stereocenters. The zero-order valence-electron chi connectivity index (χ0n) is 9.74. The summed E-state index contributed by atoms with van der Waals surface area (Å²) in [7, 11) is 0. The molecular formula is C14H14N2O2. The van der Waals surface area contributed by atoms with E-state index in [0.29, 0.717) is 6.42 Å². The molecule has 0 saturated carbocycles. The number of aliphatic hydroxyl groups excluding tert-OH is 1. The fourth-order valence-electron chi connectivity index (χ4n) is 2.37. The van der Waals surface area contributed by atoms with Crippen LogP contribution in [0.2, 0.25) is 0 Å². The first-order valence-electron chi connectivity index (χ1n) is 5.90. The summed E-state index contributed by atoms with van der Waals surface area (Å²) in [6, 6.07) is 9.58. The summed E-state index contributed by atoms with van der Waals surface area (Å²) in [5.41, 5.74) is 4.24. The van der Waals surface area contributed by atoms with Crippen molar-refractivity contribution in [3.05, 3.63) is 48.3 Å². The summed E-state index contributed by atoms with van der Waals surface area (Å²) in [4.78, 5) is 4.01. The largest absolute Gasteiger partial charge is 0.376 e. The molecule has 1 unspecified atom stereocenters. The number of aliphatic hydroxyl groups is 2. The number of nitrogens with zero attached hydrogens (tertiary/aromatic N) is 1. The van der Waals surface area contributed by atoms with Gasteiger partial charge in [0.15, 0.2) is 6.29 Å². The van der Waals surface area contributed by atoms with Crippen LogP contribution in [0.1, 0.15) is 5.56 Å². The van der Waals surface area contributed by atoms with Gasteiger partial charge in [0.2, 0.25) is 0 Å². The first kappa shape index (κ1) is 11.2. The van der Waals surface area contributed by atoms with Gasteiger partial charge in [-0.15, -0.1) is 0 Å². The Hall–Kier alpha value is -1.91. The summed E-state index contributed by atoms with van der Waals surface area (Å²) in [5.74, 6) is 0. The highest BCUT2D eigenvalue weighted by Gasteiger charge is 2.27. The average molecular weight is 242 g/mol. The van der Waals surface area contributed by atoms with Gasteiger partial charge in [-0.3, -0.25) is 4.98 Å². The molecule has 4 nitrogen and oxygen atoms in total. The minimum atomic E-state index is -1.34. The fraction of sp³-hybridized carbons (Fsp3) is 0.214. The Morgan fingerprint density at radius 2 is 1.94 bits per heavy atom. The van der Waals surface area contributed by atoms with E-state index in [4.69, 9.17) is 0 Å². The zero-order valence-corrected chi connectivity index (χ0v) is 9.74. The van der Waals surface area contributed by atoms with E-state index in [9.17, 15) is 10.2 Å². The predicted molar refractivity (Wildman–Crippen MR) is 69.0 cm³/mol. The van der Waals surface area contributed by atoms with Crippen LogP contribution in [0, 0.1) is 0 Å². The molecule has 2 aromatic rings. The van der Waals surface area contributed by atoms with Crippen LogP contribution in [0.5, 0.6) is 0 Å². The Morgan fingerprint density at radius 3 is 2.67 bits per heavy atom. The Kier molecular flexibility index (Phi) is 2.74. The third kappa shape index (κ3) is 1.85. The number of rotatable bonds is 2. The Labute approximate surface area is 105 Å². The lowest BCUT2D eigenvalue weighted by atomic mass is 10.0. The summed E-state index contributed by atoms with van der Waals surface area (Å²) in [6.45, 7) is 0. The van der Waals surface area contributed by atoms with Crippen LogP contribution in [0.3, 0.4) is 0 Å². The Balaban J connectivity index is 2.03. The normalized spacial score (nSPS) is 17.6. The van der Waals surface area contributed by atoms with Crippen LogP contribution in [0.4, 0.5) is 5.69 Å². The SMILES string of the molecule is OC(O)C1Cc2cccc(-c3ccncc3)c2N1. The van der Waals surface area contributed by atoms with Crippen molar-refractivity contribution in [3.63, 3.8) is 0 Å². The lowest BCUT2D eigenvalue weighted by Crippen LogP contribution is -2.31. The number of hydrogen-bond donors (Lipinski definition) is 3. The quantitative estimate of drug-likeness (QED) is 0.696. The molecule has 0 bridgehead atoms. The Bertz CT molecular complexity index is 555. The monoisotopic (exact) mass is 242 g/mol. The number of anilines is 1. The minimum Gasteiger partial charge on any atom is -0.376 e. The van der Waals surface area contributed by atoms with Crippen LogP contribution >= 0.6 is 0 Å². The van der Waals surface area contributed by atoms with E-state index in [1.807, 2.05) is 30.3 Å². The number of aromatic nitrogens is 1. The van der Waals surface area contributed by atoms with Gasteiger partial charge in [0.1, 0.15) is 0 Å². The van der Waals surface area contributed by atoms with Crippen molar-refractivity contribution in [3.8, 4) is 11.1 Å². The molecule has 92 valence electrons. The molecule has 0 saturated heterocycles. The molecule has 4 heteroatoms. The van der Waals surface area contributed by atoms with Gasteiger partial charge in [0.25, 0.3) is 0 Å². The molecule has 3 N–H and O–H groups in total. The molecule has 1 aliphatic heterocycles. The molecule has 0 radical (unpaired) electrons. The number of fused-ring (bicyclic) bond motifs is 1. The maximum Gasteiger partial charge on any atom is 0.172 e. The number of hydrogen-bond acceptors (Lipinski definition) is 4. The van der Waals surface area contributed by atoms with Gasteiger partial charge in [0, 0.05) is 23.6 Å². The van der Waals surface area contributed by atoms with Crippen LogP contribution in [0.25, 0.3) is 11.1 Å². The van der Waals surface area contributed by atoms with E-state index < -0.39 is 6.29 Å². The molecular weight excluding hydrogens is 228 g/mol. The van der Waals surface area contributed by atoms with Crippen LogP contribution in [-0.4, -0.2) is 27.5 Å². The zero-order chi connectivity index (χ0) is 12.5. The lowest BCUT2D eigenvalue weighted by Gasteiger charge is -2.14. The highest BCUT2D eigenvalue weighted by Crippen LogP contribution is 2.36. The second-order valence-corrected chi connectivity index (χ2v) is 4.44. The van der Waals surface area contributed by atoms with Crippen LogP contribution in [0.15, 0.2) is 42.7 Å². The second-order valence-electron chi connectivity index (χ2n) is 4.44. The summed E-state index contributed by atoms with van der Waals surface area (Å²) >= 11 is 0. The van der Waals surface area contributed by atoms with Gasteiger partial charge in [-0.2, -0.15) is 0 Å². The molecule has 0 spiro atoms. The summed E-state index contributed by atoms with van der Waals surface area (Å²) in [5, 5.41) is 21.7. The van der Waals surface area contributed by atoms with Gasteiger partial charge < -0.3 is 15.5 Å². The third-order valence-corrected chi connectivity index (χ3v) is 3.27. The number of para-hydroxylation sites is 1. The first-order valence-corrected chi connectivity index (χ1v) is 5.90. The van der Waals surface area contributed by atoms with Crippen LogP contribution < -0.4 is 5.32 Å². The molecule has 1 aromatic heterocycles. The third-order valence-electron chi connectivity index (χ3n) is 3.27. The molecule has 0 aliphatic carbocycles. The predicted octanol–water partition coefficient (Wildman–Crippen LogP) is 1.40. The lowest BCUT2D eigenvalue weighted by molar-refractivity contribution is -0.0514. The fourth-order valence-corrected chi connectivity index (χ4v) is 2.37. The van der Waals surface area contributed by atoms with E-state index in [-0.39, 0.29) is 6.04 Å². The standard InChI is InChI=1S/C14H14N2O2/c17-14(18)12-8-10-2-1-3-11(13(10)16-12)9-4-6-15-7-5-9/h1-7,12,14,16-18H,8H2. The second kappa shape index (κ2) is 4.40. The molecule has 0 fully saturated rings. The maximum atomic E-state index is 9.27. The van der Waals surface area contributed by atoms with Crippen molar-refractivity contribution >= 4 is 5.69 Å². The average Bonchev–Trinajstić information content (AvgIpc) is 2.83.